The number of furan rings is 1. The van der Waals surface area contributed by atoms with E-state index in [1.54, 1.807) is 42.7 Å². The Morgan fingerprint density at radius 3 is 2.37 bits per heavy atom. The highest BCUT2D eigenvalue weighted by Crippen LogP contribution is 2.33. The van der Waals surface area contributed by atoms with Gasteiger partial charge in [-0.05, 0) is 90.3 Å². The molecule has 4 heterocycles. The van der Waals surface area contributed by atoms with Gasteiger partial charge in [0.25, 0.3) is 11.8 Å². The minimum atomic E-state index is -1.03. The average molecular weight is 700 g/mol. The third-order valence-corrected chi connectivity index (χ3v) is 8.78. The van der Waals surface area contributed by atoms with E-state index in [0.29, 0.717) is 54.8 Å². The van der Waals surface area contributed by atoms with Crippen LogP contribution in [-0.4, -0.2) is 71.8 Å². The van der Waals surface area contributed by atoms with Gasteiger partial charge in [0.15, 0.2) is 5.76 Å². The molecule has 1 unspecified atom stereocenters. The lowest BCUT2D eigenvalue weighted by Gasteiger charge is -2.27. The first-order valence-corrected chi connectivity index (χ1v) is 16.6. The average Bonchev–Trinajstić information content (AvgIpc) is 3.79. The molecule has 2 aliphatic heterocycles. The molecule has 5 aromatic rings. The largest absolute Gasteiger partial charge is 0.491 e. The van der Waals surface area contributed by atoms with Crippen molar-refractivity contribution in [1.29, 1.82) is 0 Å². The van der Waals surface area contributed by atoms with Crippen molar-refractivity contribution in [2.45, 2.75) is 18.9 Å². The number of aromatic nitrogens is 1. The Labute approximate surface area is 297 Å². The highest BCUT2D eigenvalue weighted by Gasteiger charge is 2.45. The van der Waals surface area contributed by atoms with Crippen LogP contribution in [0.1, 0.15) is 43.9 Å². The monoisotopic (exact) mass is 699 g/mol. The number of piperidine rings is 1. The first-order valence-electron chi connectivity index (χ1n) is 16.6. The van der Waals surface area contributed by atoms with Gasteiger partial charge in [-0.15, -0.1) is 0 Å². The van der Waals surface area contributed by atoms with Crippen LogP contribution in [0.2, 0.25) is 0 Å². The molecule has 5 amide bonds. The number of nitrogens with one attached hydrogen (secondary N) is 2. The lowest BCUT2D eigenvalue weighted by Crippen LogP contribution is -2.54. The molecule has 1 saturated heterocycles. The van der Waals surface area contributed by atoms with Gasteiger partial charge in [-0.3, -0.25) is 34.2 Å². The number of primary amides is 1. The van der Waals surface area contributed by atoms with Gasteiger partial charge >= 0.3 is 0 Å². The number of carbonyl (C=O) groups is 5. The van der Waals surface area contributed by atoms with E-state index in [2.05, 4.69) is 10.6 Å². The molecule has 52 heavy (non-hydrogen) atoms. The van der Waals surface area contributed by atoms with Gasteiger partial charge in [-0.1, -0.05) is 18.2 Å². The highest BCUT2D eigenvalue weighted by atomic mass is 16.5. The Bertz CT molecular complexity index is 2160. The number of hydrogen-bond donors (Lipinski definition) is 3. The van der Waals surface area contributed by atoms with Crippen LogP contribution in [0.3, 0.4) is 0 Å². The SMILES string of the molecule is NC(=O)c1ccc(-c2cc(-c3ccc(OCCOCCNc4cccc5c4C(=O)N(C4CCC(=O)NC4=O)C5=O)cc3)nc(-c3ccco3)c2)cc1. The molecule has 2 aliphatic rings. The smallest absolute Gasteiger partial charge is 0.264 e. The maximum Gasteiger partial charge on any atom is 0.264 e. The van der Waals surface area contributed by atoms with Crippen molar-refractivity contribution >= 4 is 35.2 Å². The van der Waals surface area contributed by atoms with Gasteiger partial charge in [-0.25, -0.2) is 4.98 Å². The first-order chi connectivity index (χ1) is 25.3. The summed E-state index contributed by atoms with van der Waals surface area (Å²) in [5.41, 5.74) is 10.7. The zero-order valence-electron chi connectivity index (χ0n) is 27.8. The number of nitrogens with zero attached hydrogens (tertiary/aromatic N) is 2. The summed E-state index contributed by atoms with van der Waals surface area (Å²) in [6.45, 7) is 1.26. The third kappa shape index (κ3) is 7.02. The molecule has 3 aromatic carbocycles. The predicted molar refractivity (Wildman–Crippen MR) is 189 cm³/mol. The van der Waals surface area contributed by atoms with Gasteiger partial charge in [0.05, 0.1) is 36.3 Å². The number of pyridine rings is 1. The molecule has 4 N–H and O–H groups in total. The fourth-order valence-electron chi connectivity index (χ4n) is 6.19. The summed E-state index contributed by atoms with van der Waals surface area (Å²) >= 11 is 0. The van der Waals surface area contributed by atoms with E-state index in [0.717, 1.165) is 27.3 Å². The molecule has 13 nitrogen and oxygen atoms in total. The molecule has 7 rings (SSSR count). The molecule has 0 saturated carbocycles. The van der Waals surface area contributed by atoms with Gasteiger partial charge < -0.3 is 24.9 Å². The van der Waals surface area contributed by atoms with Crippen molar-refractivity contribution < 1.29 is 37.9 Å². The molecule has 13 heteroatoms. The van der Waals surface area contributed by atoms with Crippen LogP contribution >= 0.6 is 0 Å². The summed E-state index contributed by atoms with van der Waals surface area (Å²) in [5.74, 6) is -1.42. The van der Waals surface area contributed by atoms with Crippen LogP contribution in [0, 0.1) is 0 Å². The van der Waals surface area contributed by atoms with Crippen molar-refractivity contribution in [2.24, 2.45) is 5.73 Å². The molecule has 0 spiro atoms. The number of hydrogen-bond acceptors (Lipinski definition) is 10. The molecule has 0 bridgehead atoms. The van der Waals surface area contributed by atoms with Crippen LogP contribution in [0.15, 0.2) is 102 Å². The minimum absolute atomic E-state index is 0.0551. The normalized spacial score (nSPS) is 15.4. The quantitative estimate of drug-likeness (QED) is 0.115. The van der Waals surface area contributed by atoms with Gasteiger partial charge in [-0.2, -0.15) is 0 Å². The lowest BCUT2D eigenvalue weighted by atomic mass is 10.0. The first kappa shape index (κ1) is 33.9. The van der Waals surface area contributed by atoms with Crippen LogP contribution in [0.4, 0.5) is 5.69 Å². The topological polar surface area (TPSA) is 183 Å². The summed E-state index contributed by atoms with van der Waals surface area (Å²) in [4.78, 5) is 67.6. The summed E-state index contributed by atoms with van der Waals surface area (Å²) in [7, 11) is 0. The Balaban J connectivity index is 0.920. The number of anilines is 1. The fourth-order valence-corrected chi connectivity index (χ4v) is 6.19. The minimum Gasteiger partial charge on any atom is -0.491 e. The van der Waals surface area contributed by atoms with Crippen molar-refractivity contribution in [1.82, 2.24) is 15.2 Å². The van der Waals surface area contributed by atoms with Crippen LogP contribution in [0.25, 0.3) is 33.8 Å². The molecule has 262 valence electrons. The summed E-state index contributed by atoms with van der Waals surface area (Å²) in [6.07, 6.45) is 1.74. The van der Waals surface area contributed by atoms with Crippen molar-refractivity contribution in [3.05, 3.63) is 114 Å². The fraction of sp³-hybridized carbons (Fsp3) is 0.179. The van der Waals surface area contributed by atoms with Crippen LogP contribution < -0.4 is 21.1 Å². The second kappa shape index (κ2) is 14.7. The maximum atomic E-state index is 13.3. The van der Waals surface area contributed by atoms with E-state index < -0.39 is 35.6 Å². The van der Waals surface area contributed by atoms with Crippen LogP contribution in [0.5, 0.6) is 5.75 Å². The predicted octanol–water partition coefficient (Wildman–Crippen LogP) is 4.68. The second-order valence-corrected chi connectivity index (χ2v) is 12.1. The number of amides is 5. The Hall–Kier alpha value is -6.60. The van der Waals surface area contributed by atoms with Gasteiger partial charge in [0.2, 0.25) is 17.7 Å². The number of fused-ring (bicyclic) bond motifs is 1. The van der Waals surface area contributed by atoms with E-state index in [1.165, 1.54) is 0 Å². The second-order valence-electron chi connectivity index (χ2n) is 12.1. The van der Waals surface area contributed by atoms with Gasteiger partial charge in [0, 0.05) is 29.8 Å². The number of benzene rings is 3. The number of nitrogens with two attached hydrogens (primary N) is 1. The molecular formula is C39H33N5O8. The number of imide groups is 2. The summed E-state index contributed by atoms with van der Waals surface area (Å²) < 4.78 is 17.2. The third-order valence-electron chi connectivity index (χ3n) is 8.78. The zero-order valence-corrected chi connectivity index (χ0v) is 27.8. The van der Waals surface area contributed by atoms with E-state index >= 15 is 0 Å². The molecule has 1 atom stereocenters. The number of rotatable bonds is 13. The van der Waals surface area contributed by atoms with Crippen molar-refractivity contribution in [3.63, 3.8) is 0 Å². The summed E-state index contributed by atoms with van der Waals surface area (Å²) in [6, 6.07) is 26.0. The Morgan fingerprint density at radius 1 is 0.865 bits per heavy atom. The molecule has 0 radical (unpaired) electrons. The van der Waals surface area contributed by atoms with E-state index in [9.17, 15) is 24.0 Å². The lowest BCUT2D eigenvalue weighted by molar-refractivity contribution is -0.136. The highest BCUT2D eigenvalue weighted by molar-refractivity contribution is 6.25. The Morgan fingerprint density at radius 2 is 1.63 bits per heavy atom. The number of ether oxygens (including phenoxy) is 2. The molecule has 1 fully saturated rings. The Kier molecular flexibility index (Phi) is 9.58. The standard InChI is InChI=1S/C39H33N5O8/c40-36(46)25-8-6-23(7-9-25)26-21-30(42-31(22-26)33-5-2-17-52-33)24-10-12-27(13-11-24)51-20-19-50-18-16-41-29-4-1-3-28-35(29)39(49)44(38(28)48)32-14-15-34(45)43-37(32)47/h1-13,17,21-22,32,41H,14-16,18-20H2,(H2,40,46)(H,43,45,47). The summed E-state index contributed by atoms with van der Waals surface area (Å²) in [5, 5.41) is 5.35. The number of carbonyl (C=O) groups excluding carboxylic acids is 5. The van der Waals surface area contributed by atoms with Crippen molar-refractivity contribution in [2.75, 3.05) is 31.7 Å². The zero-order chi connectivity index (χ0) is 36.2. The van der Waals surface area contributed by atoms with E-state index in [4.69, 9.17) is 24.6 Å². The molecular weight excluding hydrogens is 666 g/mol. The van der Waals surface area contributed by atoms with E-state index in [-0.39, 0.29) is 24.0 Å². The van der Waals surface area contributed by atoms with Crippen LogP contribution in [-0.2, 0) is 14.3 Å². The molecule has 2 aromatic heterocycles. The van der Waals surface area contributed by atoms with E-state index in [1.807, 2.05) is 54.6 Å². The maximum absolute atomic E-state index is 13.3. The van der Waals surface area contributed by atoms with Gasteiger partial charge in [0.1, 0.15) is 24.1 Å². The molecule has 0 aliphatic carbocycles. The van der Waals surface area contributed by atoms with Crippen molar-refractivity contribution in [3.8, 4) is 39.6 Å².